The third kappa shape index (κ3) is 3.84. The number of nitrogens with one attached hydrogen (secondary N) is 1. The molecule has 0 aromatic heterocycles. The lowest BCUT2D eigenvalue weighted by atomic mass is 10.2. The Morgan fingerprint density at radius 1 is 1.39 bits per heavy atom. The first kappa shape index (κ1) is 14.2. The van der Waals surface area contributed by atoms with E-state index in [0.29, 0.717) is 5.56 Å². The molecule has 0 amide bonds. The van der Waals surface area contributed by atoms with Crippen LogP contribution in [0.25, 0.3) is 0 Å². The summed E-state index contributed by atoms with van der Waals surface area (Å²) in [5.74, 6) is -0.395. The van der Waals surface area contributed by atoms with Gasteiger partial charge in [-0.3, -0.25) is 4.79 Å². The van der Waals surface area contributed by atoms with Crippen LogP contribution in [0.15, 0.2) is 29.2 Å². The first-order chi connectivity index (χ1) is 8.49. The van der Waals surface area contributed by atoms with Crippen molar-refractivity contribution in [2.45, 2.75) is 11.3 Å². The van der Waals surface area contributed by atoms with E-state index in [1.165, 1.54) is 31.4 Å². The average Bonchev–Trinajstić information content (AvgIpc) is 2.37. The molecule has 1 rings (SSSR count). The lowest BCUT2D eigenvalue weighted by Gasteiger charge is -2.04. The monoisotopic (exact) mass is 268 g/mol. The second-order valence-corrected chi connectivity index (χ2v) is 5.15. The van der Waals surface area contributed by atoms with Crippen LogP contribution >= 0.6 is 0 Å². The minimum atomic E-state index is -3.66. The molecule has 6 nitrogen and oxygen atoms in total. The van der Waals surface area contributed by atoms with Gasteiger partial charge in [0.05, 0.1) is 31.0 Å². The van der Waals surface area contributed by atoms with E-state index < -0.39 is 16.0 Å². The number of carbonyl (C=O) groups excluding carboxylic acids is 1. The van der Waals surface area contributed by atoms with E-state index in [-0.39, 0.29) is 17.9 Å². The fourth-order valence-electron chi connectivity index (χ4n) is 1.24. The third-order valence-corrected chi connectivity index (χ3v) is 3.57. The largest absolute Gasteiger partial charge is 0.469 e. The molecule has 0 fully saturated rings. The van der Waals surface area contributed by atoms with Crippen molar-refractivity contribution in [3.05, 3.63) is 29.8 Å². The molecule has 18 heavy (non-hydrogen) atoms. The summed E-state index contributed by atoms with van der Waals surface area (Å²) in [4.78, 5) is 11.1. The van der Waals surface area contributed by atoms with Gasteiger partial charge in [0.25, 0.3) is 0 Å². The molecule has 0 spiro atoms. The summed E-state index contributed by atoms with van der Waals surface area (Å²) in [6.45, 7) is -0.285. The summed E-state index contributed by atoms with van der Waals surface area (Å²) in [7, 11) is -2.38. The molecule has 0 aliphatic heterocycles. The first-order valence-electron chi connectivity index (χ1n) is 5.02. The number of methoxy groups -OCH3 is 1. The van der Waals surface area contributed by atoms with Crippen molar-refractivity contribution in [2.75, 3.05) is 13.7 Å². The van der Waals surface area contributed by atoms with E-state index in [1.54, 1.807) is 6.07 Å². The number of nitrogens with zero attached hydrogens (tertiary/aromatic N) is 1. The second kappa shape index (κ2) is 6.14. The van der Waals surface area contributed by atoms with E-state index >= 15 is 0 Å². The molecule has 0 unspecified atom stereocenters. The van der Waals surface area contributed by atoms with Crippen LogP contribution in [-0.4, -0.2) is 28.0 Å². The van der Waals surface area contributed by atoms with Crippen LogP contribution in [0, 0.1) is 11.3 Å². The number of benzene rings is 1. The van der Waals surface area contributed by atoms with Gasteiger partial charge < -0.3 is 4.74 Å². The van der Waals surface area contributed by atoms with Crippen molar-refractivity contribution < 1.29 is 17.9 Å². The summed E-state index contributed by atoms with van der Waals surface area (Å²) in [6, 6.07) is 7.48. The number of hydrogen-bond donors (Lipinski definition) is 1. The van der Waals surface area contributed by atoms with Crippen LogP contribution in [-0.2, 0) is 26.0 Å². The smallest absolute Gasteiger partial charge is 0.309 e. The van der Waals surface area contributed by atoms with Crippen LogP contribution in [0.1, 0.15) is 5.56 Å². The van der Waals surface area contributed by atoms with Crippen molar-refractivity contribution in [2.24, 2.45) is 0 Å². The summed E-state index contributed by atoms with van der Waals surface area (Å²) in [5, 5.41) is 8.32. The van der Waals surface area contributed by atoms with Crippen molar-refractivity contribution in [3.63, 3.8) is 0 Å². The Morgan fingerprint density at radius 3 is 2.50 bits per heavy atom. The molecule has 0 bridgehead atoms. The highest BCUT2D eigenvalue weighted by Crippen LogP contribution is 2.11. The van der Waals surface area contributed by atoms with Gasteiger partial charge in [-0.1, -0.05) is 12.1 Å². The SMILES string of the molecule is COC(=O)Cc1ccc(S(=O)(=O)NCC#N)cc1. The molecular formula is C11H12N2O4S. The minimum Gasteiger partial charge on any atom is -0.469 e. The molecule has 0 saturated carbocycles. The Balaban J connectivity index is 2.83. The number of esters is 1. The number of nitriles is 1. The van der Waals surface area contributed by atoms with Gasteiger partial charge in [0, 0.05) is 0 Å². The van der Waals surface area contributed by atoms with Crippen molar-refractivity contribution in [1.29, 1.82) is 5.26 Å². The summed E-state index contributed by atoms with van der Waals surface area (Å²) in [5.41, 5.74) is 0.654. The quantitative estimate of drug-likeness (QED) is 0.608. The number of rotatable bonds is 5. The molecule has 0 aliphatic carbocycles. The van der Waals surface area contributed by atoms with E-state index in [2.05, 4.69) is 9.46 Å². The molecule has 1 aromatic rings. The van der Waals surface area contributed by atoms with Gasteiger partial charge in [0.15, 0.2) is 0 Å². The standard InChI is InChI=1S/C11H12N2O4S/c1-17-11(14)8-9-2-4-10(5-3-9)18(15,16)13-7-6-12/h2-5,13H,7-8H2,1H3. The van der Waals surface area contributed by atoms with Crippen LogP contribution in [0.4, 0.5) is 0 Å². The predicted molar refractivity (Wildman–Crippen MR) is 63.0 cm³/mol. The molecule has 0 atom stereocenters. The molecule has 0 heterocycles. The van der Waals surface area contributed by atoms with E-state index in [9.17, 15) is 13.2 Å². The van der Waals surface area contributed by atoms with Gasteiger partial charge in [0.2, 0.25) is 10.0 Å². The highest BCUT2D eigenvalue weighted by molar-refractivity contribution is 7.89. The van der Waals surface area contributed by atoms with Gasteiger partial charge in [-0.2, -0.15) is 9.98 Å². The van der Waals surface area contributed by atoms with Gasteiger partial charge in [-0.15, -0.1) is 0 Å². The maximum absolute atomic E-state index is 11.6. The molecule has 7 heteroatoms. The number of sulfonamides is 1. The molecular weight excluding hydrogens is 256 g/mol. The Labute approximate surface area is 105 Å². The Bertz CT molecular complexity index is 558. The maximum Gasteiger partial charge on any atom is 0.309 e. The van der Waals surface area contributed by atoms with Crippen LogP contribution in [0.3, 0.4) is 0 Å². The first-order valence-corrected chi connectivity index (χ1v) is 6.50. The molecule has 0 saturated heterocycles. The van der Waals surface area contributed by atoms with Crippen LogP contribution in [0.5, 0.6) is 0 Å². The average molecular weight is 268 g/mol. The van der Waals surface area contributed by atoms with Gasteiger partial charge in [-0.25, -0.2) is 8.42 Å². The summed E-state index contributed by atoms with van der Waals surface area (Å²) >= 11 is 0. The normalized spacial score (nSPS) is 10.7. The molecule has 0 aliphatic rings. The van der Waals surface area contributed by atoms with Crippen molar-refractivity contribution >= 4 is 16.0 Å². The second-order valence-electron chi connectivity index (χ2n) is 3.38. The van der Waals surface area contributed by atoms with E-state index in [4.69, 9.17) is 5.26 Å². The van der Waals surface area contributed by atoms with Gasteiger partial charge in [-0.05, 0) is 17.7 Å². The van der Waals surface area contributed by atoms with Crippen LogP contribution in [0.2, 0.25) is 0 Å². The maximum atomic E-state index is 11.6. The topological polar surface area (TPSA) is 96.3 Å². The summed E-state index contributed by atoms with van der Waals surface area (Å²) < 4.78 is 29.9. The lowest BCUT2D eigenvalue weighted by Crippen LogP contribution is -2.23. The van der Waals surface area contributed by atoms with Gasteiger partial charge >= 0.3 is 5.97 Å². The predicted octanol–water partition coefficient (Wildman–Crippen LogP) is 0.204. The molecule has 1 N–H and O–H groups in total. The van der Waals surface area contributed by atoms with E-state index in [0.717, 1.165) is 0 Å². The van der Waals surface area contributed by atoms with Crippen LogP contribution < -0.4 is 4.72 Å². The number of hydrogen-bond acceptors (Lipinski definition) is 5. The van der Waals surface area contributed by atoms with E-state index in [1.807, 2.05) is 0 Å². The fourth-order valence-corrected chi connectivity index (χ4v) is 2.15. The third-order valence-electron chi connectivity index (χ3n) is 2.15. The Morgan fingerprint density at radius 2 is 2.00 bits per heavy atom. The number of carbonyl (C=O) groups is 1. The zero-order valence-corrected chi connectivity index (χ0v) is 10.5. The zero-order chi connectivity index (χ0) is 13.6. The van der Waals surface area contributed by atoms with Crippen molar-refractivity contribution in [1.82, 2.24) is 4.72 Å². The molecule has 96 valence electrons. The molecule has 1 aromatic carbocycles. The van der Waals surface area contributed by atoms with Gasteiger partial charge in [0.1, 0.15) is 0 Å². The minimum absolute atomic E-state index is 0.0476. The fraction of sp³-hybridized carbons (Fsp3) is 0.273. The summed E-state index contributed by atoms with van der Waals surface area (Å²) in [6.07, 6.45) is 0.0858. The Hall–Kier alpha value is -1.91. The Kier molecular flexibility index (Phi) is 4.83. The lowest BCUT2D eigenvalue weighted by molar-refractivity contribution is -0.139. The molecule has 0 radical (unpaired) electrons. The number of ether oxygens (including phenoxy) is 1. The van der Waals surface area contributed by atoms with Crippen molar-refractivity contribution in [3.8, 4) is 6.07 Å². The highest BCUT2D eigenvalue weighted by Gasteiger charge is 2.13. The zero-order valence-electron chi connectivity index (χ0n) is 9.71. The highest BCUT2D eigenvalue weighted by atomic mass is 32.2.